The van der Waals surface area contributed by atoms with E-state index in [0.717, 1.165) is 48.0 Å². The molecule has 0 aromatic heterocycles. The predicted octanol–water partition coefficient (Wildman–Crippen LogP) is 7.39. The van der Waals surface area contributed by atoms with E-state index in [1.807, 2.05) is 24.3 Å². The molecule has 2 rings (SSSR count). The smallest absolute Gasteiger partial charge is 0.145 e. The lowest BCUT2D eigenvalue weighted by molar-refractivity contribution is 0.304. The summed E-state index contributed by atoms with van der Waals surface area (Å²) in [6.07, 6.45) is 6.68. The first-order valence-corrected chi connectivity index (χ1v) is 10.6. The highest BCUT2D eigenvalue weighted by Gasteiger charge is 2.13. The SMILES string of the molecule is CCCCOc1c(Cl)cc(OCCCCC(Br)CC)c2ccccc12. The van der Waals surface area contributed by atoms with Crippen LogP contribution in [0.5, 0.6) is 11.5 Å². The van der Waals surface area contributed by atoms with Crippen molar-refractivity contribution in [1.29, 1.82) is 0 Å². The number of hydrogen-bond donors (Lipinski definition) is 0. The Morgan fingerprint density at radius 3 is 2.44 bits per heavy atom. The fourth-order valence-corrected chi connectivity index (χ4v) is 3.30. The summed E-state index contributed by atoms with van der Waals surface area (Å²) in [6.45, 7) is 5.75. The van der Waals surface area contributed by atoms with Crippen molar-refractivity contribution < 1.29 is 9.47 Å². The topological polar surface area (TPSA) is 18.5 Å². The molecule has 0 saturated heterocycles. The fraction of sp³-hybridized carbons (Fsp3) is 0.524. The highest BCUT2D eigenvalue weighted by molar-refractivity contribution is 9.09. The molecule has 0 radical (unpaired) electrons. The molecule has 0 bridgehead atoms. The van der Waals surface area contributed by atoms with Crippen molar-refractivity contribution in [3.63, 3.8) is 0 Å². The maximum atomic E-state index is 6.48. The van der Waals surface area contributed by atoms with Gasteiger partial charge in [-0.05, 0) is 32.1 Å². The highest BCUT2D eigenvalue weighted by Crippen LogP contribution is 2.39. The zero-order valence-electron chi connectivity index (χ0n) is 15.2. The van der Waals surface area contributed by atoms with Gasteiger partial charge in [0, 0.05) is 21.7 Å². The number of rotatable bonds is 11. The van der Waals surface area contributed by atoms with Gasteiger partial charge in [0.25, 0.3) is 0 Å². The van der Waals surface area contributed by atoms with E-state index in [4.69, 9.17) is 21.1 Å². The van der Waals surface area contributed by atoms with Crippen molar-refractivity contribution >= 4 is 38.3 Å². The van der Waals surface area contributed by atoms with Gasteiger partial charge in [0.2, 0.25) is 0 Å². The first-order valence-electron chi connectivity index (χ1n) is 9.28. The van der Waals surface area contributed by atoms with Crippen LogP contribution in [0.3, 0.4) is 0 Å². The van der Waals surface area contributed by atoms with Crippen LogP contribution in [0.4, 0.5) is 0 Å². The molecule has 0 spiro atoms. The maximum Gasteiger partial charge on any atom is 0.145 e. The second kappa shape index (κ2) is 10.9. The molecule has 0 amide bonds. The van der Waals surface area contributed by atoms with Crippen LogP contribution >= 0.6 is 27.5 Å². The van der Waals surface area contributed by atoms with Gasteiger partial charge in [-0.1, -0.05) is 72.1 Å². The lowest BCUT2D eigenvalue weighted by Crippen LogP contribution is -2.02. The third kappa shape index (κ3) is 6.07. The van der Waals surface area contributed by atoms with Gasteiger partial charge in [-0.15, -0.1) is 0 Å². The van der Waals surface area contributed by atoms with Crippen molar-refractivity contribution in [2.45, 2.75) is 57.2 Å². The molecule has 1 atom stereocenters. The maximum absolute atomic E-state index is 6.48. The second-order valence-corrected chi connectivity index (χ2v) is 7.99. The minimum Gasteiger partial charge on any atom is -0.493 e. The Hall–Kier alpha value is -0.930. The monoisotopic (exact) mass is 426 g/mol. The molecule has 4 heteroatoms. The van der Waals surface area contributed by atoms with E-state index < -0.39 is 0 Å². The third-order valence-electron chi connectivity index (χ3n) is 4.27. The molecular weight excluding hydrogens is 400 g/mol. The minimum absolute atomic E-state index is 0.613. The highest BCUT2D eigenvalue weighted by atomic mass is 79.9. The van der Waals surface area contributed by atoms with Crippen LogP contribution in [-0.4, -0.2) is 18.0 Å². The number of fused-ring (bicyclic) bond motifs is 1. The summed E-state index contributed by atoms with van der Waals surface area (Å²) in [4.78, 5) is 0.613. The normalized spacial score (nSPS) is 12.3. The molecule has 0 saturated carbocycles. The first kappa shape index (κ1) is 20.4. The van der Waals surface area contributed by atoms with E-state index in [-0.39, 0.29) is 0 Å². The van der Waals surface area contributed by atoms with Gasteiger partial charge < -0.3 is 9.47 Å². The van der Waals surface area contributed by atoms with Crippen LogP contribution in [0.25, 0.3) is 10.8 Å². The molecule has 0 fully saturated rings. The van der Waals surface area contributed by atoms with Gasteiger partial charge in [0.1, 0.15) is 11.5 Å². The van der Waals surface area contributed by atoms with Gasteiger partial charge in [0.15, 0.2) is 0 Å². The molecular formula is C21H28BrClO2. The Bertz CT molecular complexity index is 660. The lowest BCUT2D eigenvalue weighted by Gasteiger charge is -2.15. The Morgan fingerprint density at radius 2 is 1.72 bits per heavy atom. The van der Waals surface area contributed by atoms with E-state index in [1.54, 1.807) is 0 Å². The van der Waals surface area contributed by atoms with Crippen LogP contribution in [0.15, 0.2) is 30.3 Å². The average Bonchev–Trinajstić information content (AvgIpc) is 2.63. The largest absolute Gasteiger partial charge is 0.493 e. The molecule has 2 aromatic carbocycles. The van der Waals surface area contributed by atoms with E-state index in [2.05, 4.69) is 35.8 Å². The van der Waals surface area contributed by atoms with Gasteiger partial charge in [-0.2, -0.15) is 0 Å². The summed E-state index contributed by atoms with van der Waals surface area (Å²) in [5.41, 5.74) is 0. The van der Waals surface area contributed by atoms with E-state index in [0.29, 0.717) is 23.1 Å². The fourth-order valence-electron chi connectivity index (χ4n) is 2.72. The summed E-state index contributed by atoms with van der Waals surface area (Å²) in [5.74, 6) is 1.61. The molecule has 0 aliphatic rings. The van der Waals surface area contributed by atoms with Crippen molar-refractivity contribution in [3.05, 3.63) is 35.4 Å². The standard InChI is InChI=1S/C21H28BrClO2/c1-3-5-13-25-21-18-12-7-6-11-17(18)20(15-19(21)23)24-14-9-8-10-16(22)4-2/h6-7,11-12,15-16H,3-5,8-10,13-14H2,1-2H3. The summed E-state index contributed by atoms with van der Waals surface area (Å²) in [6, 6.07) is 10.0. The van der Waals surface area contributed by atoms with Gasteiger partial charge in [-0.25, -0.2) is 0 Å². The molecule has 0 heterocycles. The van der Waals surface area contributed by atoms with E-state index >= 15 is 0 Å². The van der Waals surface area contributed by atoms with Crippen LogP contribution in [0.1, 0.15) is 52.4 Å². The number of halogens is 2. The minimum atomic E-state index is 0.613. The van der Waals surface area contributed by atoms with Crippen molar-refractivity contribution in [2.24, 2.45) is 0 Å². The number of ether oxygens (including phenoxy) is 2. The summed E-state index contributed by atoms with van der Waals surface area (Å²) in [7, 11) is 0. The molecule has 25 heavy (non-hydrogen) atoms. The number of alkyl halides is 1. The molecule has 0 aliphatic heterocycles. The number of benzene rings is 2. The van der Waals surface area contributed by atoms with Crippen LogP contribution in [-0.2, 0) is 0 Å². The lowest BCUT2D eigenvalue weighted by atomic mass is 10.1. The predicted molar refractivity (Wildman–Crippen MR) is 112 cm³/mol. The van der Waals surface area contributed by atoms with Crippen molar-refractivity contribution in [2.75, 3.05) is 13.2 Å². The number of unbranched alkanes of at least 4 members (excludes halogenated alkanes) is 2. The van der Waals surface area contributed by atoms with Crippen molar-refractivity contribution in [1.82, 2.24) is 0 Å². The molecule has 2 aromatic rings. The molecule has 138 valence electrons. The Labute approximate surface area is 165 Å². The van der Waals surface area contributed by atoms with Gasteiger partial charge in [0.05, 0.1) is 18.2 Å². The Kier molecular flexibility index (Phi) is 8.91. The van der Waals surface area contributed by atoms with Crippen LogP contribution < -0.4 is 9.47 Å². The van der Waals surface area contributed by atoms with Gasteiger partial charge in [-0.3, -0.25) is 0 Å². The molecule has 0 N–H and O–H groups in total. The quantitative estimate of drug-likeness (QED) is 0.275. The summed E-state index contributed by atoms with van der Waals surface area (Å²) >= 11 is 10.2. The van der Waals surface area contributed by atoms with Crippen LogP contribution in [0, 0.1) is 0 Å². The molecule has 2 nitrogen and oxygen atoms in total. The molecule has 0 aliphatic carbocycles. The second-order valence-electron chi connectivity index (χ2n) is 6.28. The third-order valence-corrected chi connectivity index (χ3v) is 5.65. The summed E-state index contributed by atoms with van der Waals surface area (Å²) in [5, 5.41) is 2.70. The van der Waals surface area contributed by atoms with Gasteiger partial charge >= 0.3 is 0 Å². The Balaban J connectivity index is 2.06. The zero-order chi connectivity index (χ0) is 18.1. The first-order chi connectivity index (χ1) is 12.2. The average molecular weight is 428 g/mol. The van der Waals surface area contributed by atoms with Crippen LogP contribution in [0.2, 0.25) is 5.02 Å². The van der Waals surface area contributed by atoms with E-state index in [9.17, 15) is 0 Å². The molecule has 1 unspecified atom stereocenters. The summed E-state index contributed by atoms with van der Waals surface area (Å²) < 4.78 is 12.0. The van der Waals surface area contributed by atoms with Crippen molar-refractivity contribution in [3.8, 4) is 11.5 Å². The Morgan fingerprint density at radius 1 is 1.00 bits per heavy atom. The van der Waals surface area contributed by atoms with E-state index in [1.165, 1.54) is 12.8 Å². The zero-order valence-corrected chi connectivity index (χ0v) is 17.5. The number of hydrogen-bond acceptors (Lipinski definition) is 2.